The van der Waals surface area contributed by atoms with Crippen molar-refractivity contribution in [3.63, 3.8) is 0 Å². The molecule has 0 spiro atoms. The molecule has 0 aliphatic rings. The molecular weight excluding hydrogens is 280 g/mol. The maximum Gasteiger partial charge on any atom is 0.192 e. The Balaban J connectivity index is 2.40. The van der Waals surface area contributed by atoms with Gasteiger partial charge < -0.3 is 5.73 Å². The van der Waals surface area contributed by atoms with Crippen molar-refractivity contribution in [1.29, 1.82) is 5.41 Å². The van der Waals surface area contributed by atoms with Gasteiger partial charge in [-0.05, 0) is 49.9 Å². The van der Waals surface area contributed by atoms with Crippen LogP contribution in [0.2, 0.25) is 5.02 Å². The number of nitrogens with one attached hydrogen (secondary N) is 1. The summed E-state index contributed by atoms with van der Waals surface area (Å²) >= 11 is 7.30. The van der Waals surface area contributed by atoms with E-state index in [1.807, 2.05) is 26.0 Å². The van der Waals surface area contributed by atoms with E-state index in [9.17, 15) is 0 Å². The van der Waals surface area contributed by atoms with Gasteiger partial charge in [0.2, 0.25) is 0 Å². The van der Waals surface area contributed by atoms with Crippen molar-refractivity contribution in [2.75, 3.05) is 0 Å². The predicted octanol–water partition coefficient (Wildman–Crippen LogP) is 3.18. The lowest BCUT2D eigenvalue weighted by Crippen LogP contribution is -2.12. The van der Waals surface area contributed by atoms with Crippen molar-refractivity contribution in [1.82, 2.24) is 9.97 Å². The van der Waals surface area contributed by atoms with Crippen molar-refractivity contribution in [2.24, 2.45) is 5.73 Å². The molecule has 0 atom stereocenters. The molecule has 2 rings (SSSR count). The van der Waals surface area contributed by atoms with Gasteiger partial charge in [-0.1, -0.05) is 11.6 Å². The van der Waals surface area contributed by atoms with Crippen LogP contribution >= 0.6 is 23.4 Å². The van der Waals surface area contributed by atoms with E-state index in [2.05, 4.69) is 9.97 Å². The molecule has 19 heavy (non-hydrogen) atoms. The summed E-state index contributed by atoms with van der Waals surface area (Å²) in [6.07, 6.45) is 0. The fraction of sp³-hybridized carbons (Fsp3) is 0.154. The van der Waals surface area contributed by atoms with Crippen LogP contribution in [0, 0.1) is 19.3 Å². The first kappa shape index (κ1) is 13.8. The number of benzene rings is 1. The topological polar surface area (TPSA) is 75.7 Å². The molecule has 1 aromatic heterocycles. The van der Waals surface area contributed by atoms with Crippen molar-refractivity contribution < 1.29 is 0 Å². The Morgan fingerprint density at radius 3 is 2.42 bits per heavy atom. The zero-order chi connectivity index (χ0) is 14.0. The molecule has 1 aromatic carbocycles. The van der Waals surface area contributed by atoms with Crippen LogP contribution in [0.5, 0.6) is 0 Å². The van der Waals surface area contributed by atoms with E-state index in [4.69, 9.17) is 22.7 Å². The number of hydrogen-bond donors (Lipinski definition) is 2. The minimum atomic E-state index is -0.0191. The molecule has 1 heterocycles. The molecular formula is C13H13ClN4S. The van der Waals surface area contributed by atoms with Gasteiger partial charge in [-0.3, -0.25) is 5.41 Å². The van der Waals surface area contributed by atoms with E-state index in [0.29, 0.717) is 15.7 Å². The fourth-order valence-corrected chi connectivity index (χ4v) is 2.80. The Morgan fingerprint density at radius 2 is 1.84 bits per heavy atom. The second kappa shape index (κ2) is 5.59. The van der Waals surface area contributed by atoms with Gasteiger partial charge in [-0.25, -0.2) is 9.97 Å². The van der Waals surface area contributed by atoms with Crippen molar-refractivity contribution in [2.45, 2.75) is 23.9 Å². The summed E-state index contributed by atoms with van der Waals surface area (Å²) in [5.41, 5.74) is 7.99. The normalized spacial score (nSPS) is 10.5. The monoisotopic (exact) mass is 292 g/mol. The van der Waals surface area contributed by atoms with Crippen LogP contribution in [0.25, 0.3) is 0 Å². The minimum Gasteiger partial charge on any atom is -0.384 e. The van der Waals surface area contributed by atoms with Gasteiger partial charge in [0.25, 0.3) is 0 Å². The SMILES string of the molecule is Cc1cc(C)nc(Sc2ccc(Cl)cc2C(=N)N)n1. The van der Waals surface area contributed by atoms with Gasteiger partial charge in [0, 0.05) is 26.9 Å². The van der Waals surface area contributed by atoms with Crippen LogP contribution in [0.1, 0.15) is 17.0 Å². The highest BCUT2D eigenvalue weighted by molar-refractivity contribution is 7.99. The summed E-state index contributed by atoms with van der Waals surface area (Å²) in [7, 11) is 0. The number of nitrogen functional groups attached to an aromatic ring is 1. The van der Waals surface area contributed by atoms with Crippen molar-refractivity contribution in [3.8, 4) is 0 Å². The first-order chi connectivity index (χ1) is 8.95. The number of amidine groups is 1. The Morgan fingerprint density at radius 1 is 1.21 bits per heavy atom. The lowest BCUT2D eigenvalue weighted by molar-refractivity contribution is 0.902. The smallest absolute Gasteiger partial charge is 0.192 e. The maximum absolute atomic E-state index is 7.59. The van der Waals surface area contributed by atoms with E-state index in [1.54, 1.807) is 12.1 Å². The molecule has 0 aliphatic carbocycles. The number of aromatic nitrogens is 2. The second-order valence-corrected chi connectivity index (χ2v) is 5.54. The highest BCUT2D eigenvalue weighted by Gasteiger charge is 2.10. The molecule has 6 heteroatoms. The Hall–Kier alpha value is -1.59. The average Bonchev–Trinajstić information content (AvgIpc) is 2.30. The van der Waals surface area contributed by atoms with Gasteiger partial charge in [0.05, 0.1) is 0 Å². The van der Waals surface area contributed by atoms with Crippen LogP contribution in [0.15, 0.2) is 34.3 Å². The number of nitrogens with two attached hydrogens (primary N) is 1. The number of aryl methyl sites for hydroxylation is 2. The largest absolute Gasteiger partial charge is 0.384 e. The molecule has 4 nitrogen and oxygen atoms in total. The minimum absolute atomic E-state index is 0.0191. The molecule has 0 amide bonds. The van der Waals surface area contributed by atoms with E-state index in [0.717, 1.165) is 16.3 Å². The second-order valence-electron chi connectivity index (χ2n) is 4.09. The van der Waals surface area contributed by atoms with Crippen LogP contribution in [0.3, 0.4) is 0 Å². The summed E-state index contributed by atoms with van der Waals surface area (Å²) in [5, 5.41) is 8.78. The van der Waals surface area contributed by atoms with Gasteiger partial charge in [-0.15, -0.1) is 0 Å². The third-order valence-corrected chi connectivity index (χ3v) is 3.57. The molecule has 98 valence electrons. The molecule has 0 saturated heterocycles. The summed E-state index contributed by atoms with van der Waals surface area (Å²) in [4.78, 5) is 9.54. The Labute approximate surface area is 120 Å². The highest BCUT2D eigenvalue weighted by Crippen LogP contribution is 2.30. The standard InChI is InChI=1S/C13H13ClN4S/c1-7-5-8(2)18-13(17-7)19-11-4-3-9(14)6-10(11)12(15)16/h3-6H,1-2H3,(H3,15,16). The number of nitrogens with zero attached hydrogens (tertiary/aromatic N) is 2. The van der Waals surface area contributed by atoms with Crippen LogP contribution < -0.4 is 5.73 Å². The summed E-state index contributed by atoms with van der Waals surface area (Å²) in [6.45, 7) is 3.85. The van der Waals surface area contributed by atoms with E-state index in [-0.39, 0.29) is 5.84 Å². The van der Waals surface area contributed by atoms with E-state index < -0.39 is 0 Å². The van der Waals surface area contributed by atoms with Crippen molar-refractivity contribution in [3.05, 3.63) is 46.2 Å². The van der Waals surface area contributed by atoms with E-state index >= 15 is 0 Å². The number of halogens is 1. The zero-order valence-corrected chi connectivity index (χ0v) is 12.1. The van der Waals surface area contributed by atoms with Crippen molar-refractivity contribution >= 4 is 29.2 Å². The number of hydrogen-bond acceptors (Lipinski definition) is 4. The maximum atomic E-state index is 7.59. The molecule has 0 saturated carbocycles. The number of rotatable bonds is 3. The first-order valence-corrected chi connectivity index (χ1v) is 6.79. The quantitative estimate of drug-likeness (QED) is 0.517. The summed E-state index contributed by atoms with van der Waals surface area (Å²) in [6, 6.07) is 7.18. The summed E-state index contributed by atoms with van der Waals surface area (Å²) in [5.74, 6) is -0.0191. The van der Waals surface area contributed by atoms with Gasteiger partial charge in [-0.2, -0.15) is 0 Å². The fourth-order valence-electron chi connectivity index (χ4n) is 1.64. The predicted molar refractivity (Wildman–Crippen MR) is 78.1 cm³/mol. The summed E-state index contributed by atoms with van der Waals surface area (Å²) < 4.78 is 0. The molecule has 0 bridgehead atoms. The van der Waals surface area contributed by atoms with Gasteiger partial charge in [0.1, 0.15) is 5.84 Å². The van der Waals surface area contributed by atoms with Crippen LogP contribution in [-0.2, 0) is 0 Å². The van der Waals surface area contributed by atoms with E-state index in [1.165, 1.54) is 11.8 Å². The lowest BCUT2D eigenvalue weighted by Gasteiger charge is -2.08. The molecule has 0 fully saturated rings. The molecule has 0 unspecified atom stereocenters. The Kier molecular flexibility index (Phi) is 4.07. The molecule has 0 aliphatic heterocycles. The molecule has 2 aromatic rings. The zero-order valence-electron chi connectivity index (χ0n) is 10.6. The molecule has 0 radical (unpaired) electrons. The van der Waals surface area contributed by atoms with Gasteiger partial charge in [0.15, 0.2) is 5.16 Å². The third-order valence-electron chi connectivity index (χ3n) is 2.39. The first-order valence-electron chi connectivity index (χ1n) is 5.60. The third kappa shape index (κ3) is 3.45. The van der Waals surface area contributed by atoms with Gasteiger partial charge >= 0.3 is 0 Å². The average molecular weight is 293 g/mol. The Bertz CT molecular complexity index is 622. The van der Waals surface area contributed by atoms with Crippen LogP contribution in [-0.4, -0.2) is 15.8 Å². The van der Waals surface area contributed by atoms with Crippen LogP contribution in [0.4, 0.5) is 0 Å². The molecule has 3 N–H and O–H groups in total. The highest BCUT2D eigenvalue weighted by atomic mass is 35.5. The lowest BCUT2D eigenvalue weighted by atomic mass is 10.2.